The van der Waals surface area contributed by atoms with Gasteiger partial charge in [-0.3, -0.25) is 0 Å². The zero-order valence-electron chi connectivity index (χ0n) is 13.2. The van der Waals surface area contributed by atoms with Crippen molar-refractivity contribution < 1.29 is 0 Å². The molecule has 3 rings (SSSR count). The zero-order chi connectivity index (χ0) is 16.3. The summed E-state index contributed by atoms with van der Waals surface area (Å²) in [5, 5.41) is 4.19. The lowest BCUT2D eigenvalue weighted by Gasteiger charge is -2.18. The molecular weight excluding hydrogens is 297 g/mol. The van der Waals surface area contributed by atoms with Gasteiger partial charge in [0.1, 0.15) is 0 Å². The van der Waals surface area contributed by atoms with Gasteiger partial charge in [-0.1, -0.05) is 97.1 Å². The quantitative estimate of drug-likeness (QED) is 0.577. The minimum Gasteiger partial charge on any atom is -0.327 e. The highest BCUT2D eigenvalue weighted by atomic mass is 31.1. The van der Waals surface area contributed by atoms with E-state index in [0.717, 1.165) is 0 Å². The van der Waals surface area contributed by atoms with Crippen LogP contribution in [0.4, 0.5) is 0 Å². The first kappa shape index (κ1) is 17.1. The van der Waals surface area contributed by atoms with Crippen LogP contribution in [0.2, 0.25) is 0 Å². The van der Waals surface area contributed by atoms with Crippen molar-refractivity contribution in [1.29, 1.82) is 0 Å². The second kappa shape index (κ2) is 9.74. The van der Waals surface area contributed by atoms with Gasteiger partial charge in [-0.05, 0) is 23.8 Å². The molecule has 0 heterocycles. The summed E-state index contributed by atoms with van der Waals surface area (Å²) in [5.41, 5.74) is 4.91. The van der Waals surface area contributed by atoms with Gasteiger partial charge >= 0.3 is 0 Å². The first-order chi connectivity index (χ1) is 11.4. The van der Waals surface area contributed by atoms with Crippen LogP contribution < -0.4 is 21.6 Å². The molecule has 0 unspecified atom stereocenters. The summed E-state index contributed by atoms with van der Waals surface area (Å²) in [6.45, 7) is 3.94. The van der Waals surface area contributed by atoms with Crippen molar-refractivity contribution in [2.45, 2.75) is 0 Å². The Morgan fingerprint density at radius 3 is 1.13 bits per heavy atom. The molecule has 0 aliphatic heterocycles. The van der Waals surface area contributed by atoms with E-state index in [-0.39, 0.29) is 0 Å². The van der Waals surface area contributed by atoms with E-state index >= 15 is 0 Å². The minimum atomic E-state index is -0.446. The fourth-order valence-electron chi connectivity index (χ4n) is 2.18. The lowest BCUT2D eigenvalue weighted by atomic mass is 10.4. The van der Waals surface area contributed by atoms with Crippen LogP contribution >= 0.6 is 7.92 Å². The Kier molecular flexibility index (Phi) is 7.26. The van der Waals surface area contributed by atoms with E-state index in [9.17, 15) is 0 Å². The largest absolute Gasteiger partial charge is 0.327 e. The van der Waals surface area contributed by atoms with Crippen LogP contribution in [0.3, 0.4) is 0 Å². The molecule has 1 nitrogen and oxygen atoms in total. The monoisotopic (exact) mass is 319 g/mol. The van der Waals surface area contributed by atoms with Gasteiger partial charge in [0.05, 0.1) is 0 Å². The predicted molar refractivity (Wildman–Crippen MR) is 104 cm³/mol. The van der Waals surface area contributed by atoms with Crippen LogP contribution in [-0.4, -0.2) is 6.54 Å². The summed E-state index contributed by atoms with van der Waals surface area (Å²) in [7, 11) is -0.446. The Morgan fingerprint density at radius 1 is 0.652 bits per heavy atom. The normalized spacial score (nSPS) is 9.83. The van der Waals surface area contributed by atoms with Gasteiger partial charge < -0.3 is 5.73 Å². The molecule has 3 aromatic carbocycles. The van der Waals surface area contributed by atoms with Crippen molar-refractivity contribution in [3.63, 3.8) is 0 Å². The van der Waals surface area contributed by atoms with Gasteiger partial charge in [-0.25, -0.2) is 0 Å². The highest BCUT2D eigenvalue weighted by Crippen LogP contribution is 2.32. The molecule has 0 spiro atoms. The third-order valence-corrected chi connectivity index (χ3v) is 5.65. The Balaban J connectivity index is 0.000000433. The van der Waals surface area contributed by atoms with Crippen LogP contribution in [-0.2, 0) is 0 Å². The highest BCUT2D eigenvalue weighted by Gasteiger charge is 2.14. The van der Waals surface area contributed by atoms with Gasteiger partial charge in [0.25, 0.3) is 0 Å². The third kappa shape index (κ3) is 5.17. The smallest absolute Gasteiger partial charge is 0.0104 e. The average Bonchev–Trinajstić information content (AvgIpc) is 2.65. The van der Waals surface area contributed by atoms with E-state index in [1.165, 1.54) is 15.9 Å². The van der Waals surface area contributed by atoms with Crippen molar-refractivity contribution in [3.8, 4) is 0 Å². The highest BCUT2D eigenvalue weighted by molar-refractivity contribution is 7.79. The zero-order valence-corrected chi connectivity index (χ0v) is 14.1. The topological polar surface area (TPSA) is 26.0 Å². The molecule has 0 radical (unpaired) electrons. The molecule has 0 aliphatic carbocycles. The van der Waals surface area contributed by atoms with Gasteiger partial charge in [-0.2, -0.15) is 0 Å². The molecule has 2 heteroatoms. The maximum absolute atomic E-state index is 4.91. The van der Waals surface area contributed by atoms with Gasteiger partial charge in [0.2, 0.25) is 0 Å². The van der Waals surface area contributed by atoms with E-state index in [1.807, 2.05) is 0 Å². The van der Waals surface area contributed by atoms with E-state index < -0.39 is 7.92 Å². The summed E-state index contributed by atoms with van der Waals surface area (Å²) in [6.07, 6.45) is 1.65. The number of rotatable bonds is 4. The second-order valence-corrected chi connectivity index (χ2v) is 7.09. The maximum Gasteiger partial charge on any atom is 0.0104 e. The van der Waals surface area contributed by atoms with Crippen LogP contribution in [0.25, 0.3) is 0 Å². The van der Waals surface area contributed by atoms with Gasteiger partial charge in [0.15, 0.2) is 0 Å². The van der Waals surface area contributed by atoms with Crippen LogP contribution in [0.1, 0.15) is 0 Å². The Morgan fingerprint density at radius 2 is 0.913 bits per heavy atom. The number of benzene rings is 3. The Labute approximate surface area is 140 Å². The fraction of sp³-hybridized carbons (Fsp3) is 0.0476. The first-order valence-electron chi connectivity index (χ1n) is 7.63. The molecule has 0 aromatic heterocycles. The van der Waals surface area contributed by atoms with E-state index in [0.29, 0.717) is 6.54 Å². The standard InChI is InChI=1S/C18H15P.C3H7N/c1-4-10-16(11-5-1)19(17-12-6-2-7-13-17)18-14-8-3-9-15-18;1-2-3-4/h1-15H;2H,1,3-4H2. The molecule has 0 aliphatic rings. The summed E-state index contributed by atoms with van der Waals surface area (Å²) >= 11 is 0. The molecule has 23 heavy (non-hydrogen) atoms. The van der Waals surface area contributed by atoms with E-state index in [2.05, 4.69) is 97.6 Å². The molecule has 2 N–H and O–H groups in total. The Hall–Kier alpha value is -2.21. The molecule has 116 valence electrons. The van der Waals surface area contributed by atoms with Crippen LogP contribution in [0.15, 0.2) is 104 Å². The molecule has 0 bridgehead atoms. The number of hydrogen-bond donors (Lipinski definition) is 1. The lowest BCUT2D eigenvalue weighted by Crippen LogP contribution is -2.20. The Bertz CT molecular complexity index is 587. The van der Waals surface area contributed by atoms with Crippen molar-refractivity contribution in [2.24, 2.45) is 5.73 Å². The van der Waals surface area contributed by atoms with Crippen molar-refractivity contribution in [3.05, 3.63) is 104 Å². The molecule has 0 saturated carbocycles. The third-order valence-electron chi connectivity index (χ3n) is 3.21. The molecule has 0 atom stereocenters. The molecule has 0 saturated heterocycles. The number of nitrogens with two attached hydrogens (primary N) is 1. The average molecular weight is 319 g/mol. The lowest BCUT2D eigenvalue weighted by molar-refractivity contribution is 1.26. The van der Waals surface area contributed by atoms with Crippen molar-refractivity contribution in [2.75, 3.05) is 6.54 Å². The SMILES string of the molecule is C=CCN.c1ccc(P(c2ccccc2)c2ccccc2)cc1. The second-order valence-electron chi connectivity index (χ2n) is 4.87. The number of hydrogen-bond acceptors (Lipinski definition) is 1. The van der Waals surface area contributed by atoms with E-state index in [4.69, 9.17) is 5.73 Å². The summed E-state index contributed by atoms with van der Waals surface area (Å²) < 4.78 is 0. The summed E-state index contributed by atoms with van der Waals surface area (Å²) in [5.74, 6) is 0. The minimum absolute atomic E-state index is 0.446. The van der Waals surface area contributed by atoms with Crippen LogP contribution in [0, 0.1) is 0 Å². The first-order valence-corrected chi connectivity index (χ1v) is 8.97. The van der Waals surface area contributed by atoms with Gasteiger partial charge in [0, 0.05) is 6.54 Å². The fourth-order valence-corrected chi connectivity index (χ4v) is 4.48. The molecule has 3 aromatic rings. The summed E-state index contributed by atoms with van der Waals surface area (Å²) in [6, 6.07) is 32.3. The molecule has 0 fully saturated rings. The van der Waals surface area contributed by atoms with E-state index in [1.54, 1.807) is 6.08 Å². The predicted octanol–water partition coefficient (Wildman–Crippen LogP) is 3.58. The summed E-state index contributed by atoms with van der Waals surface area (Å²) in [4.78, 5) is 0. The van der Waals surface area contributed by atoms with Crippen LogP contribution in [0.5, 0.6) is 0 Å². The maximum atomic E-state index is 4.91. The van der Waals surface area contributed by atoms with Crippen molar-refractivity contribution in [1.82, 2.24) is 0 Å². The van der Waals surface area contributed by atoms with Gasteiger partial charge in [-0.15, -0.1) is 6.58 Å². The molecular formula is C21H22NP. The van der Waals surface area contributed by atoms with Crippen molar-refractivity contribution >= 4 is 23.8 Å². The molecule has 0 amide bonds.